The number of carboxylic acid groups (broad SMARTS) is 1. The Morgan fingerprint density at radius 3 is 2.62 bits per heavy atom. The van der Waals surface area contributed by atoms with Gasteiger partial charge < -0.3 is 24.7 Å². The minimum atomic E-state index is -1.38. The predicted molar refractivity (Wildman–Crippen MR) is 150 cm³/mol. The van der Waals surface area contributed by atoms with Gasteiger partial charge in [-0.25, -0.2) is 0 Å². The number of halogens is 2. The smallest absolute Gasteiger partial charge is 0.310 e. The molecular formula is C29H30BrClN2O6. The highest BCUT2D eigenvalue weighted by molar-refractivity contribution is 9.09. The van der Waals surface area contributed by atoms with E-state index >= 15 is 0 Å². The van der Waals surface area contributed by atoms with Crippen LogP contribution in [0.15, 0.2) is 61.2 Å². The van der Waals surface area contributed by atoms with Crippen LogP contribution in [0, 0.1) is 18.8 Å². The van der Waals surface area contributed by atoms with E-state index < -0.39 is 60.0 Å². The zero-order chi connectivity index (χ0) is 28.1. The van der Waals surface area contributed by atoms with Crippen molar-refractivity contribution >= 4 is 51.0 Å². The third-order valence-electron chi connectivity index (χ3n) is 8.20. The second-order valence-electron chi connectivity index (χ2n) is 10.4. The van der Waals surface area contributed by atoms with Crippen LogP contribution in [0.1, 0.15) is 17.5 Å². The summed E-state index contributed by atoms with van der Waals surface area (Å²) in [5.41, 5.74) is 0.726. The van der Waals surface area contributed by atoms with Gasteiger partial charge in [0.25, 0.3) is 5.91 Å². The summed E-state index contributed by atoms with van der Waals surface area (Å²) in [6, 6.07) is 12.7. The Morgan fingerprint density at radius 2 is 2.00 bits per heavy atom. The fourth-order valence-corrected chi connectivity index (χ4v) is 7.96. The van der Waals surface area contributed by atoms with Crippen LogP contribution in [0.3, 0.4) is 0 Å². The van der Waals surface area contributed by atoms with Gasteiger partial charge in [0.15, 0.2) is 0 Å². The van der Waals surface area contributed by atoms with Crippen LogP contribution >= 0.6 is 27.5 Å². The normalized spacial score (nSPS) is 29.8. The molecule has 206 valence electrons. The Bertz CT molecular complexity index is 1290. The average molecular weight is 618 g/mol. The molecule has 2 amide bonds. The van der Waals surface area contributed by atoms with Gasteiger partial charge in [0.1, 0.15) is 11.6 Å². The monoisotopic (exact) mass is 616 g/mol. The lowest BCUT2D eigenvalue weighted by Crippen LogP contribution is -2.59. The van der Waals surface area contributed by atoms with Crippen molar-refractivity contribution in [2.75, 3.05) is 18.1 Å². The number of alkyl halides is 1. The molecule has 3 fully saturated rings. The van der Waals surface area contributed by atoms with Gasteiger partial charge in [-0.15, -0.1) is 6.58 Å². The highest BCUT2D eigenvalue weighted by Gasteiger charge is 2.77. The first-order chi connectivity index (χ1) is 18.7. The molecule has 2 aromatic rings. The van der Waals surface area contributed by atoms with E-state index in [2.05, 4.69) is 22.5 Å². The van der Waals surface area contributed by atoms with Gasteiger partial charge in [-0.2, -0.15) is 0 Å². The molecular weight excluding hydrogens is 588 g/mol. The minimum Gasteiger partial charge on any atom is -0.481 e. The highest BCUT2D eigenvalue weighted by Crippen LogP contribution is 2.60. The number of fused-ring (bicyclic) bond motifs is 1. The van der Waals surface area contributed by atoms with E-state index in [1.54, 1.807) is 18.2 Å². The molecule has 5 rings (SSSR count). The molecule has 3 aliphatic rings. The van der Waals surface area contributed by atoms with Crippen LogP contribution in [0.5, 0.6) is 0 Å². The van der Waals surface area contributed by atoms with Crippen molar-refractivity contribution in [1.82, 2.24) is 4.90 Å². The maximum absolute atomic E-state index is 14.7. The maximum atomic E-state index is 14.7. The zero-order valence-corrected chi connectivity index (χ0v) is 23.7. The Balaban J connectivity index is 1.66. The number of aliphatic carboxylic acids is 1. The Morgan fingerprint density at radius 1 is 1.28 bits per heavy atom. The van der Waals surface area contributed by atoms with Crippen molar-refractivity contribution in [1.29, 1.82) is 0 Å². The lowest BCUT2D eigenvalue weighted by Gasteiger charge is -2.40. The van der Waals surface area contributed by atoms with E-state index in [1.165, 1.54) is 9.80 Å². The summed E-state index contributed by atoms with van der Waals surface area (Å²) >= 11 is 10.1. The van der Waals surface area contributed by atoms with E-state index in [9.17, 15) is 24.6 Å². The van der Waals surface area contributed by atoms with E-state index in [-0.39, 0.29) is 24.2 Å². The molecule has 10 heteroatoms. The number of rotatable bonds is 9. The van der Waals surface area contributed by atoms with E-state index in [1.807, 2.05) is 43.3 Å². The highest BCUT2D eigenvalue weighted by atomic mass is 79.9. The number of benzene rings is 2. The van der Waals surface area contributed by atoms with Crippen molar-refractivity contribution in [3.8, 4) is 0 Å². The van der Waals surface area contributed by atoms with E-state index in [0.29, 0.717) is 10.7 Å². The standard InChI is InChI=1S/C29H30BrClN2O6/c1-3-12-32(23-16(2)8-7-11-20(23)31)27(36)25-29-14-19(30)24(39-29)21(28(37)38)22(29)26(35)33(25)18(15-34)13-17-9-5-4-6-10-17/h3-11,18-19,21-22,24-25,34H,1,12-15H2,2H3,(H,37,38)/t18-,19?,21-,22+,24-,25?,29?/m1/s1. The van der Waals surface area contributed by atoms with Crippen LogP contribution in [0.2, 0.25) is 5.02 Å². The molecule has 2 aromatic carbocycles. The molecule has 0 saturated carbocycles. The second kappa shape index (κ2) is 10.7. The maximum Gasteiger partial charge on any atom is 0.310 e. The summed E-state index contributed by atoms with van der Waals surface area (Å²) in [6.45, 7) is 5.34. The first kappa shape index (κ1) is 27.8. The van der Waals surface area contributed by atoms with Crippen LogP contribution < -0.4 is 4.90 Å². The molecule has 3 heterocycles. The molecule has 0 aromatic heterocycles. The fraction of sp³-hybridized carbons (Fsp3) is 0.414. The number of hydrogen-bond donors (Lipinski definition) is 2. The molecule has 3 saturated heterocycles. The van der Waals surface area contributed by atoms with Crippen LogP contribution in [-0.4, -0.2) is 74.7 Å². The predicted octanol–water partition coefficient (Wildman–Crippen LogP) is 3.60. The topological polar surface area (TPSA) is 107 Å². The van der Waals surface area contributed by atoms with Crippen LogP contribution in [0.4, 0.5) is 5.69 Å². The summed E-state index contributed by atoms with van der Waals surface area (Å²) in [5.74, 6) is -4.29. The molecule has 7 atom stereocenters. The SMILES string of the molecule is C=CCN(C(=O)C1N([C@@H](CO)Cc2ccccc2)C(=O)[C@@H]2[C@@H](C(=O)O)[C@@H]3OC12CC3Br)c1c(C)cccc1Cl. The number of hydrogen-bond acceptors (Lipinski definition) is 5. The van der Waals surface area contributed by atoms with Gasteiger partial charge in [-0.3, -0.25) is 14.4 Å². The van der Waals surface area contributed by atoms with E-state index in [4.69, 9.17) is 16.3 Å². The molecule has 3 unspecified atom stereocenters. The van der Waals surface area contributed by atoms with Gasteiger partial charge in [0, 0.05) is 11.4 Å². The number of carbonyl (C=O) groups excluding carboxylic acids is 2. The molecule has 0 radical (unpaired) electrons. The second-order valence-corrected chi connectivity index (χ2v) is 12.0. The number of carbonyl (C=O) groups is 3. The lowest BCUT2D eigenvalue weighted by atomic mass is 9.70. The fourth-order valence-electron chi connectivity index (χ4n) is 6.69. The van der Waals surface area contributed by atoms with Crippen LogP contribution in [-0.2, 0) is 25.5 Å². The average Bonchev–Trinajstić information content (AvgIpc) is 3.50. The number of aliphatic hydroxyl groups excluding tert-OH is 1. The number of aryl methyl sites for hydroxylation is 1. The molecule has 1 spiro atoms. The number of carboxylic acids is 1. The summed E-state index contributed by atoms with van der Waals surface area (Å²) in [7, 11) is 0. The van der Waals surface area contributed by atoms with Gasteiger partial charge >= 0.3 is 5.97 Å². The largest absolute Gasteiger partial charge is 0.481 e. The summed E-state index contributed by atoms with van der Waals surface area (Å²) in [4.78, 5) is 43.8. The molecule has 8 nitrogen and oxygen atoms in total. The number of likely N-dealkylation sites (tertiary alicyclic amines) is 1. The molecule has 2 bridgehead atoms. The van der Waals surface area contributed by atoms with Crippen molar-refractivity contribution in [3.63, 3.8) is 0 Å². The Hall–Kier alpha value is -2.72. The number of aliphatic hydroxyl groups is 1. The van der Waals surface area contributed by atoms with Crippen molar-refractivity contribution in [3.05, 3.63) is 77.3 Å². The zero-order valence-electron chi connectivity index (χ0n) is 21.4. The molecule has 39 heavy (non-hydrogen) atoms. The summed E-state index contributed by atoms with van der Waals surface area (Å²) in [5, 5.41) is 21.1. The van der Waals surface area contributed by atoms with Crippen molar-refractivity contribution in [2.45, 2.75) is 48.4 Å². The molecule has 3 aliphatic heterocycles. The van der Waals surface area contributed by atoms with Gasteiger partial charge in [-0.1, -0.05) is 76.1 Å². The number of nitrogens with zero attached hydrogens (tertiary/aromatic N) is 2. The van der Waals surface area contributed by atoms with E-state index in [0.717, 1.165) is 11.1 Å². The Labute approximate surface area is 240 Å². The van der Waals surface area contributed by atoms with Crippen LogP contribution in [0.25, 0.3) is 0 Å². The Kier molecular flexibility index (Phi) is 7.63. The summed E-state index contributed by atoms with van der Waals surface area (Å²) in [6.07, 6.45) is 1.37. The minimum absolute atomic E-state index is 0.106. The third-order valence-corrected chi connectivity index (χ3v) is 9.35. The third kappa shape index (κ3) is 4.40. The lowest BCUT2D eigenvalue weighted by molar-refractivity contribution is -0.150. The van der Waals surface area contributed by atoms with Crippen molar-refractivity contribution in [2.24, 2.45) is 11.8 Å². The van der Waals surface area contributed by atoms with Gasteiger partial charge in [0.05, 0.1) is 41.3 Å². The van der Waals surface area contributed by atoms with Gasteiger partial charge in [-0.05, 0) is 37.0 Å². The first-order valence-corrected chi connectivity index (χ1v) is 14.1. The quantitative estimate of drug-likeness (QED) is 0.329. The number of anilines is 1. The molecule has 2 N–H and O–H groups in total. The van der Waals surface area contributed by atoms with Gasteiger partial charge in [0.2, 0.25) is 5.91 Å². The number of ether oxygens (including phenoxy) is 1. The number of amides is 2. The van der Waals surface area contributed by atoms with Crippen molar-refractivity contribution < 1.29 is 29.3 Å². The number of para-hydroxylation sites is 1. The summed E-state index contributed by atoms with van der Waals surface area (Å²) < 4.78 is 6.40. The first-order valence-electron chi connectivity index (χ1n) is 12.8. The molecule has 0 aliphatic carbocycles.